The molecule has 1 aromatic heterocycles. The van der Waals surface area contributed by atoms with Crippen LogP contribution in [0.25, 0.3) is 11.3 Å². The van der Waals surface area contributed by atoms with E-state index in [0.717, 1.165) is 5.56 Å². The summed E-state index contributed by atoms with van der Waals surface area (Å²) < 4.78 is 13.3. The third-order valence-electron chi connectivity index (χ3n) is 2.87. The van der Waals surface area contributed by atoms with Crippen molar-refractivity contribution in [2.45, 2.75) is 6.92 Å². The number of nitrogens with zero attached hydrogens (tertiary/aromatic N) is 3. The maximum absolute atomic E-state index is 13.3. The Hall–Kier alpha value is -2.50. The summed E-state index contributed by atoms with van der Waals surface area (Å²) in [7, 11) is 1.64. The van der Waals surface area contributed by atoms with Gasteiger partial charge in [0.05, 0.1) is 5.69 Å². The maximum Gasteiger partial charge on any atom is 0.323 e. The second-order valence-electron chi connectivity index (χ2n) is 4.48. The molecule has 0 saturated carbocycles. The summed E-state index contributed by atoms with van der Waals surface area (Å²) in [6.07, 6.45) is 1.36. The third kappa shape index (κ3) is 3.09. The van der Waals surface area contributed by atoms with Crippen LogP contribution >= 0.6 is 0 Å². The van der Waals surface area contributed by atoms with E-state index in [1.807, 2.05) is 0 Å². The number of benzene rings is 1. The Morgan fingerprint density at radius 1 is 1.35 bits per heavy atom. The molecule has 104 valence electrons. The number of carboxylic acids is 1. The number of carbonyl (C=O) groups is 1. The molecule has 0 aliphatic heterocycles. The molecule has 2 rings (SSSR count). The highest BCUT2D eigenvalue weighted by atomic mass is 19.1. The zero-order valence-electron chi connectivity index (χ0n) is 11.2. The van der Waals surface area contributed by atoms with Crippen LogP contribution in [0.4, 0.5) is 10.2 Å². The van der Waals surface area contributed by atoms with Gasteiger partial charge in [-0.1, -0.05) is 0 Å². The molecule has 0 spiro atoms. The maximum atomic E-state index is 13.3. The summed E-state index contributed by atoms with van der Waals surface area (Å²) in [5.41, 5.74) is 1.91. The number of rotatable bonds is 4. The minimum absolute atomic E-state index is 0.154. The first-order valence-electron chi connectivity index (χ1n) is 5.99. The topological polar surface area (TPSA) is 66.3 Å². The van der Waals surface area contributed by atoms with Crippen molar-refractivity contribution in [2.24, 2.45) is 0 Å². The number of halogens is 1. The molecule has 0 bridgehead atoms. The molecule has 0 unspecified atom stereocenters. The first kappa shape index (κ1) is 13.9. The monoisotopic (exact) mass is 275 g/mol. The zero-order valence-corrected chi connectivity index (χ0v) is 11.2. The van der Waals surface area contributed by atoms with E-state index in [2.05, 4.69) is 9.97 Å². The molecule has 0 fully saturated rings. The van der Waals surface area contributed by atoms with Crippen molar-refractivity contribution in [2.75, 3.05) is 18.5 Å². The van der Waals surface area contributed by atoms with Crippen molar-refractivity contribution in [3.8, 4) is 11.3 Å². The number of hydrogen-bond acceptors (Lipinski definition) is 4. The molecule has 20 heavy (non-hydrogen) atoms. The van der Waals surface area contributed by atoms with Crippen LogP contribution in [0.3, 0.4) is 0 Å². The van der Waals surface area contributed by atoms with Crippen molar-refractivity contribution < 1.29 is 14.3 Å². The van der Waals surface area contributed by atoms with E-state index >= 15 is 0 Å². The molecule has 6 heteroatoms. The van der Waals surface area contributed by atoms with Crippen LogP contribution in [0, 0.1) is 12.7 Å². The Balaban J connectivity index is 2.33. The van der Waals surface area contributed by atoms with E-state index in [1.165, 1.54) is 17.3 Å². The molecular weight excluding hydrogens is 261 g/mol. The van der Waals surface area contributed by atoms with Gasteiger partial charge in [-0.15, -0.1) is 0 Å². The number of carboxylic acid groups (broad SMARTS) is 1. The van der Waals surface area contributed by atoms with E-state index < -0.39 is 5.97 Å². The van der Waals surface area contributed by atoms with Gasteiger partial charge in [0.25, 0.3) is 0 Å². The molecule has 0 radical (unpaired) electrons. The Morgan fingerprint density at radius 2 is 2.10 bits per heavy atom. The Kier molecular flexibility index (Phi) is 3.93. The number of likely N-dealkylation sites (N-methyl/N-ethyl adjacent to an activating group) is 1. The minimum atomic E-state index is -0.940. The molecule has 0 aliphatic rings. The van der Waals surface area contributed by atoms with Crippen molar-refractivity contribution in [3.05, 3.63) is 42.0 Å². The number of aromatic nitrogens is 2. The van der Waals surface area contributed by atoms with Gasteiger partial charge in [-0.25, -0.2) is 14.4 Å². The van der Waals surface area contributed by atoms with Gasteiger partial charge >= 0.3 is 5.97 Å². The first-order valence-corrected chi connectivity index (χ1v) is 5.99. The summed E-state index contributed by atoms with van der Waals surface area (Å²) in [5.74, 6) is -0.712. The molecule has 0 aliphatic carbocycles. The van der Waals surface area contributed by atoms with Crippen LogP contribution < -0.4 is 4.90 Å². The SMILES string of the molecule is Cc1cc(-c2cc(N(C)CC(=O)O)ncn2)ccc1F. The molecule has 2 aromatic rings. The van der Waals surface area contributed by atoms with Gasteiger partial charge in [0.2, 0.25) is 0 Å². The molecule has 0 saturated heterocycles. The van der Waals surface area contributed by atoms with Gasteiger partial charge in [-0.05, 0) is 30.7 Å². The van der Waals surface area contributed by atoms with E-state index in [9.17, 15) is 9.18 Å². The van der Waals surface area contributed by atoms with Gasteiger partial charge < -0.3 is 10.0 Å². The van der Waals surface area contributed by atoms with Crippen molar-refractivity contribution in [3.63, 3.8) is 0 Å². The van der Waals surface area contributed by atoms with Crippen molar-refractivity contribution in [1.29, 1.82) is 0 Å². The van der Waals surface area contributed by atoms with Crippen LogP contribution in [0.15, 0.2) is 30.6 Å². The highest BCUT2D eigenvalue weighted by Gasteiger charge is 2.09. The summed E-state index contributed by atoms with van der Waals surface area (Å²) in [6.45, 7) is 1.52. The lowest BCUT2D eigenvalue weighted by molar-refractivity contribution is -0.135. The Bertz CT molecular complexity index is 646. The second-order valence-corrected chi connectivity index (χ2v) is 4.48. The lowest BCUT2D eigenvalue weighted by Crippen LogP contribution is -2.25. The van der Waals surface area contributed by atoms with E-state index in [1.54, 1.807) is 32.2 Å². The third-order valence-corrected chi connectivity index (χ3v) is 2.87. The smallest absolute Gasteiger partial charge is 0.323 e. The summed E-state index contributed by atoms with van der Waals surface area (Å²) in [4.78, 5) is 20.4. The van der Waals surface area contributed by atoms with E-state index in [-0.39, 0.29) is 12.4 Å². The molecule has 0 atom stereocenters. The van der Waals surface area contributed by atoms with Gasteiger partial charge in [-0.2, -0.15) is 0 Å². The zero-order chi connectivity index (χ0) is 14.7. The normalized spacial score (nSPS) is 10.3. The lowest BCUT2D eigenvalue weighted by atomic mass is 10.1. The van der Waals surface area contributed by atoms with Crippen LogP contribution in [0.2, 0.25) is 0 Å². The fraction of sp³-hybridized carbons (Fsp3) is 0.214. The quantitative estimate of drug-likeness (QED) is 0.925. The lowest BCUT2D eigenvalue weighted by Gasteiger charge is -2.15. The van der Waals surface area contributed by atoms with Crippen LogP contribution in [0.5, 0.6) is 0 Å². The van der Waals surface area contributed by atoms with Gasteiger partial charge in [0.15, 0.2) is 0 Å². The predicted octanol–water partition coefficient (Wildman–Crippen LogP) is 2.11. The Labute approximate surface area is 115 Å². The highest BCUT2D eigenvalue weighted by molar-refractivity contribution is 5.73. The first-order chi connectivity index (χ1) is 9.47. The number of hydrogen-bond donors (Lipinski definition) is 1. The number of anilines is 1. The fourth-order valence-corrected chi connectivity index (χ4v) is 1.80. The molecular formula is C14H14FN3O2. The largest absolute Gasteiger partial charge is 0.480 e. The van der Waals surface area contributed by atoms with Gasteiger partial charge in [-0.3, -0.25) is 4.79 Å². The fourth-order valence-electron chi connectivity index (χ4n) is 1.80. The molecule has 1 N–H and O–H groups in total. The Morgan fingerprint density at radius 3 is 2.75 bits per heavy atom. The average Bonchev–Trinajstić information content (AvgIpc) is 2.41. The average molecular weight is 275 g/mol. The second kappa shape index (κ2) is 5.64. The number of aliphatic carboxylic acids is 1. The summed E-state index contributed by atoms with van der Waals surface area (Å²) in [6, 6.07) is 6.38. The van der Waals surface area contributed by atoms with Crippen LogP contribution in [-0.4, -0.2) is 34.6 Å². The standard InChI is InChI=1S/C14H14FN3O2/c1-9-5-10(3-4-11(9)15)12-6-13(17-8-16-12)18(2)7-14(19)20/h3-6,8H,7H2,1-2H3,(H,19,20). The van der Waals surface area contributed by atoms with Gasteiger partial charge in [0, 0.05) is 18.7 Å². The van der Waals surface area contributed by atoms with Crippen molar-refractivity contribution in [1.82, 2.24) is 9.97 Å². The van der Waals surface area contributed by atoms with Crippen LogP contribution in [-0.2, 0) is 4.79 Å². The molecule has 1 aromatic carbocycles. The molecule has 0 amide bonds. The molecule has 5 nitrogen and oxygen atoms in total. The van der Waals surface area contributed by atoms with Crippen molar-refractivity contribution >= 4 is 11.8 Å². The van der Waals surface area contributed by atoms with Crippen LogP contribution in [0.1, 0.15) is 5.56 Å². The number of aryl methyl sites for hydroxylation is 1. The summed E-state index contributed by atoms with van der Waals surface area (Å²) in [5, 5.41) is 8.77. The van der Waals surface area contributed by atoms with E-state index in [0.29, 0.717) is 17.1 Å². The molecule has 1 heterocycles. The predicted molar refractivity (Wildman–Crippen MR) is 73.1 cm³/mol. The van der Waals surface area contributed by atoms with Gasteiger partial charge in [0.1, 0.15) is 24.5 Å². The summed E-state index contributed by atoms with van der Waals surface area (Å²) >= 11 is 0. The minimum Gasteiger partial charge on any atom is -0.480 e. The highest BCUT2D eigenvalue weighted by Crippen LogP contribution is 2.22. The van der Waals surface area contributed by atoms with E-state index in [4.69, 9.17) is 5.11 Å².